The molecule has 0 saturated carbocycles. The molecule has 0 aliphatic heterocycles. The van der Waals surface area contributed by atoms with Crippen LogP contribution in [0.15, 0.2) is 206 Å². The average Bonchev–Trinajstić information content (AvgIpc) is 3.80. The summed E-state index contributed by atoms with van der Waals surface area (Å²) in [6, 6.07) is 74.5. The number of aromatic nitrogens is 2. The highest BCUT2D eigenvalue weighted by atomic mass is 32.1. The number of hydrogen-bond acceptors (Lipinski definition) is 3. The van der Waals surface area contributed by atoms with Crippen LogP contribution in [0.5, 0.6) is 0 Å². The van der Waals surface area contributed by atoms with Gasteiger partial charge >= 0.3 is 0 Å². The summed E-state index contributed by atoms with van der Waals surface area (Å²) < 4.78 is 2.56. The molecule has 0 atom stereocenters. The van der Waals surface area contributed by atoms with E-state index in [4.69, 9.17) is 9.97 Å². The molecule has 0 bridgehead atoms. The predicted octanol–water partition coefficient (Wildman–Crippen LogP) is 13.9. The molecule has 56 heavy (non-hydrogen) atoms. The summed E-state index contributed by atoms with van der Waals surface area (Å²) in [4.78, 5) is 10.8. The second kappa shape index (κ2) is 13.1. The lowest BCUT2D eigenvalue weighted by Gasteiger charge is -2.34. The topological polar surface area (TPSA) is 25.8 Å². The van der Waals surface area contributed by atoms with E-state index in [0.29, 0.717) is 5.82 Å². The van der Waals surface area contributed by atoms with E-state index in [1.54, 1.807) is 0 Å². The number of rotatable bonds is 6. The maximum absolute atomic E-state index is 5.41. The first kappa shape index (κ1) is 32.5. The third-order valence-corrected chi connectivity index (χ3v) is 12.5. The first-order valence-electron chi connectivity index (χ1n) is 19.1. The summed E-state index contributed by atoms with van der Waals surface area (Å²) in [6.45, 7) is 0. The highest BCUT2D eigenvalue weighted by Crippen LogP contribution is 2.58. The molecule has 1 aliphatic rings. The summed E-state index contributed by atoms with van der Waals surface area (Å²) in [6.07, 6.45) is 0. The molecular weight excluding hydrogens is 697 g/mol. The Morgan fingerprint density at radius 3 is 1.55 bits per heavy atom. The molecule has 3 heteroatoms. The monoisotopic (exact) mass is 730 g/mol. The van der Waals surface area contributed by atoms with Gasteiger partial charge in [-0.2, -0.15) is 0 Å². The van der Waals surface area contributed by atoms with Crippen LogP contribution in [0.1, 0.15) is 22.3 Å². The summed E-state index contributed by atoms with van der Waals surface area (Å²) >= 11 is 1.85. The van der Waals surface area contributed by atoms with Crippen molar-refractivity contribution in [2.24, 2.45) is 0 Å². The SMILES string of the molecule is c1ccc(-c2cc(-c3ccccc3)nc(-c3cc4c(cc3-c3ccc5c(c3)sc3ccccc35)C(c3ccccc3)(c3ccccc3)c3ccccc3-4)n2)cc1. The summed E-state index contributed by atoms with van der Waals surface area (Å²) in [5.74, 6) is 0.703. The Balaban J connectivity index is 1.26. The summed E-state index contributed by atoms with van der Waals surface area (Å²) in [7, 11) is 0. The van der Waals surface area contributed by atoms with Crippen LogP contribution in [0.2, 0.25) is 0 Å². The Hall–Kier alpha value is -6.94. The van der Waals surface area contributed by atoms with Gasteiger partial charge in [-0.15, -0.1) is 11.3 Å². The number of fused-ring (bicyclic) bond motifs is 6. The van der Waals surface area contributed by atoms with Gasteiger partial charge in [-0.1, -0.05) is 176 Å². The van der Waals surface area contributed by atoms with Crippen molar-refractivity contribution in [3.8, 4) is 56.2 Å². The number of thiophene rings is 1. The van der Waals surface area contributed by atoms with Crippen LogP contribution in [-0.4, -0.2) is 9.97 Å². The van der Waals surface area contributed by atoms with Crippen LogP contribution in [-0.2, 0) is 5.41 Å². The van der Waals surface area contributed by atoms with Crippen molar-refractivity contribution < 1.29 is 0 Å². The Morgan fingerprint density at radius 1 is 0.339 bits per heavy atom. The van der Waals surface area contributed by atoms with Gasteiger partial charge in [-0.25, -0.2) is 9.97 Å². The van der Waals surface area contributed by atoms with Crippen molar-refractivity contribution >= 4 is 31.5 Å². The fraction of sp³-hybridized carbons (Fsp3) is 0.0189. The number of hydrogen-bond donors (Lipinski definition) is 0. The van der Waals surface area contributed by atoms with Crippen molar-refractivity contribution in [3.05, 3.63) is 229 Å². The third-order valence-electron chi connectivity index (χ3n) is 11.4. The highest BCUT2D eigenvalue weighted by molar-refractivity contribution is 7.25. The quantitative estimate of drug-likeness (QED) is 0.170. The van der Waals surface area contributed by atoms with Crippen molar-refractivity contribution in [1.82, 2.24) is 9.97 Å². The molecule has 2 heterocycles. The van der Waals surface area contributed by atoms with Gasteiger partial charge in [0.05, 0.1) is 16.8 Å². The second-order valence-corrected chi connectivity index (χ2v) is 15.6. The van der Waals surface area contributed by atoms with E-state index in [-0.39, 0.29) is 0 Å². The molecule has 10 aromatic rings. The zero-order chi connectivity index (χ0) is 37.1. The molecule has 0 radical (unpaired) electrons. The van der Waals surface area contributed by atoms with Crippen molar-refractivity contribution in [1.29, 1.82) is 0 Å². The standard InChI is InChI=1S/C53H34N2S/c1-5-17-35(18-6-1)48-34-49(36-19-7-2-8-20-36)55-52(54-48)45-32-44-40-25-13-15-27-46(40)53(38-21-9-3-10-22-38,39-23-11-4-12-24-39)47(44)33-43(45)37-29-30-42-41-26-14-16-28-50(41)56-51(42)31-37/h1-34H. The van der Waals surface area contributed by atoms with Crippen LogP contribution < -0.4 is 0 Å². The van der Waals surface area contributed by atoms with E-state index >= 15 is 0 Å². The minimum Gasteiger partial charge on any atom is -0.228 e. The smallest absolute Gasteiger partial charge is 0.161 e. The lowest BCUT2D eigenvalue weighted by molar-refractivity contribution is 0.769. The fourth-order valence-electron chi connectivity index (χ4n) is 8.89. The first-order chi connectivity index (χ1) is 27.8. The molecule has 0 amide bonds. The van der Waals surface area contributed by atoms with Gasteiger partial charge in [-0.3, -0.25) is 0 Å². The number of nitrogens with zero attached hydrogens (tertiary/aromatic N) is 2. The lowest BCUT2D eigenvalue weighted by atomic mass is 9.67. The van der Waals surface area contributed by atoms with Crippen molar-refractivity contribution in [2.45, 2.75) is 5.41 Å². The van der Waals surface area contributed by atoms with E-state index in [0.717, 1.165) is 39.2 Å². The zero-order valence-corrected chi connectivity index (χ0v) is 31.2. The Labute approximate surface area is 330 Å². The molecular formula is C53H34N2S. The Bertz CT molecular complexity index is 2960. The van der Waals surface area contributed by atoms with Crippen molar-refractivity contribution in [2.75, 3.05) is 0 Å². The third kappa shape index (κ3) is 5.09. The van der Waals surface area contributed by atoms with Crippen LogP contribution in [0.25, 0.3) is 76.3 Å². The maximum Gasteiger partial charge on any atom is 0.161 e. The molecule has 0 unspecified atom stereocenters. The Morgan fingerprint density at radius 2 is 0.893 bits per heavy atom. The lowest BCUT2D eigenvalue weighted by Crippen LogP contribution is -2.28. The van der Waals surface area contributed by atoms with E-state index < -0.39 is 5.41 Å². The summed E-state index contributed by atoms with van der Waals surface area (Å²) in [5, 5.41) is 2.57. The molecule has 0 saturated heterocycles. The minimum atomic E-state index is -0.536. The van der Waals surface area contributed by atoms with Gasteiger partial charge in [0.2, 0.25) is 0 Å². The van der Waals surface area contributed by atoms with E-state index in [9.17, 15) is 0 Å². The van der Waals surface area contributed by atoms with Crippen molar-refractivity contribution in [3.63, 3.8) is 0 Å². The van der Waals surface area contributed by atoms with Crippen LogP contribution >= 0.6 is 11.3 Å². The molecule has 11 rings (SSSR count). The average molecular weight is 731 g/mol. The molecule has 8 aromatic carbocycles. The minimum absolute atomic E-state index is 0.536. The number of benzene rings is 8. The molecule has 0 fully saturated rings. The molecule has 0 spiro atoms. The van der Waals surface area contributed by atoms with E-state index in [1.807, 2.05) is 11.3 Å². The molecule has 1 aliphatic carbocycles. The van der Waals surface area contributed by atoms with Gasteiger partial charge in [0.1, 0.15) is 0 Å². The normalized spacial score (nSPS) is 12.8. The molecule has 2 nitrogen and oxygen atoms in total. The van der Waals surface area contributed by atoms with Crippen LogP contribution in [0.3, 0.4) is 0 Å². The summed E-state index contributed by atoms with van der Waals surface area (Å²) in [5.41, 5.74) is 14.1. The van der Waals surface area contributed by atoms with E-state index in [1.165, 1.54) is 53.6 Å². The highest BCUT2D eigenvalue weighted by Gasteiger charge is 2.46. The molecule has 0 N–H and O–H groups in total. The molecule has 262 valence electrons. The van der Waals surface area contributed by atoms with Gasteiger partial charge in [0.25, 0.3) is 0 Å². The predicted molar refractivity (Wildman–Crippen MR) is 234 cm³/mol. The van der Waals surface area contributed by atoms with Gasteiger partial charge in [-0.05, 0) is 74.8 Å². The largest absolute Gasteiger partial charge is 0.228 e. The zero-order valence-electron chi connectivity index (χ0n) is 30.4. The van der Waals surface area contributed by atoms with Crippen LogP contribution in [0, 0.1) is 0 Å². The van der Waals surface area contributed by atoms with Gasteiger partial charge in [0, 0.05) is 36.9 Å². The first-order valence-corrected chi connectivity index (χ1v) is 19.9. The second-order valence-electron chi connectivity index (χ2n) is 14.5. The molecule has 2 aromatic heterocycles. The maximum atomic E-state index is 5.41. The fourth-order valence-corrected chi connectivity index (χ4v) is 10.0. The Kier molecular flexibility index (Phi) is 7.61. The van der Waals surface area contributed by atoms with Gasteiger partial charge < -0.3 is 0 Å². The van der Waals surface area contributed by atoms with E-state index in [2.05, 4.69) is 206 Å². The van der Waals surface area contributed by atoms with Crippen LogP contribution in [0.4, 0.5) is 0 Å². The van der Waals surface area contributed by atoms with Gasteiger partial charge in [0.15, 0.2) is 5.82 Å².